The fourth-order valence-electron chi connectivity index (χ4n) is 5.94. The Kier molecular flexibility index (Phi) is 6.81. The van der Waals surface area contributed by atoms with Crippen molar-refractivity contribution in [3.63, 3.8) is 0 Å². The van der Waals surface area contributed by atoms with E-state index in [2.05, 4.69) is 4.98 Å². The Morgan fingerprint density at radius 1 is 1.06 bits per heavy atom. The second kappa shape index (κ2) is 9.71. The van der Waals surface area contributed by atoms with Crippen LogP contribution in [0.1, 0.15) is 50.5 Å². The summed E-state index contributed by atoms with van der Waals surface area (Å²) < 4.78 is 34.5. The molecule has 1 aliphatic carbocycles. The topological polar surface area (TPSA) is 79.8 Å². The number of piperidine rings is 1. The Balaban J connectivity index is 1.25. The molecule has 3 fully saturated rings. The van der Waals surface area contributed by atoms with Gasteiger partial charge >= 0.3 is 0 Å². The molecule has 9 heteroatoms. The summed E-state index contributed by atoms with van der Waals surface area (Å²) in [7, 11) is -3.73. The van der Waals surface area contributed by atoms with Crippen molar-refractivity contribution >= 4 is 27.5 Å². The lowest BCUT2D eigenvalue weighted by Crippen LogP contribution is -2.51. The van der Waals surface area contributed by atoms with E-state index in [1.165, 1.54) is 4.31 Å². The normalized spacial score (nSPS) is 27.9. The van der Waals surface area contributed by atoms with Gasteiger partial charge in [0.25, 0.3) is 0 Å². The predicted octanol–water partition coefficient (Wildman–Crippen LogP) is 4.44. The maximum atomic E-state index is 13.7. The predicted molar refractivity (Wildman–Crippen MR) is 134 cm³/mol. The molecule has 0 bridgehead atoms. The number of sulfonamides is 1. The molecule has 1 aromatic carbocycles. The number of carbonyl (C=O) groups is 1. The van der Waals surface area contributed by atoms with E-state index in [0.717, 1.165) is 32.1 Å². The first-order valence-electron chi connectivity index (χ1n) is 12.4. The van der Waals surface area contributed by atoms with Gasteiger partial charge in [-0.25, -0.2) is 13.4 Å². The molecule has 1 unspecified atom stereocenters. The number of carbonyl (C=O) groups excluding carboxylic acids is 1. The first-order valence-corrected chi connectivity index (χ1v) is 14.3. The van der Waals surface area contributed by atoms with Crippen LogP contribution in [-0.4, -0.2) is 60.3 Å². The molecular weight excluding hydrogens is 486 g/mol. The van der Waals surface area contributed by atoms with Gasteiger partial charge < -0.3 is 9.64 Å². The van der Waals surface area contributed by atoms with Crippen LogP contribution in [0.15, 0.2) is 47.5 Å². The minimum Gasteiger partial charge on any atom is -0.474 e. The van der Waals surface area contributed by atoms with Crippen molar-refractivity contribution in [3.8, 4) is 5.88 Å². The van der Waals surface area contributed by atoms with Crippen LogP contribution in [0, 0.1) is 12.3 Å². The summed E-state index contributed by atoms with van der Waals surface area (Å²) in [5.41, 5.74) is -0.0723. The van der Waals surface area contributed by atoms with E-state index in [-0.39, 0.29) is 29.5 Å². The van der Waals surface area contributed by atoms with Gasteiger partial charge in [0.2, 0.25) is 21.8 Å². The van der Waals surface area contributed by atoms with Crippen molar-refractivity contribution < 1.29 is 17.9 Å². The smallest absolute Gasteiger partial charge is 0.243 e. The Bertz CT molecular complexity index is 1180. The summed E-state index contributed by atoms with van der Waals surface area (Å²) in [4.78, 5) is 20.2. The van der Waals surface area contributed by atoms with Gasteiger partial charge in [0.15, 0.2) is 0 Å². The highest BCUT2D eigenvalue weighted by molar-refractivity contribution is 7.89. The van der Waals surface area contributed by atoms with Gasteiger partial charge in [0, 0.05) is 43.0 Å². The minimum atomic E-state index is -3.73. The maximum absolute atomic E-state index is 13.7. The summed E-state index contributed by atoms with van der Waals surface area (Å²) >= 11 is 6.21. The first-order chi connectivity index (χ1) is 16.8. The highest BCUT2D eigenvalue weighted by Crippen LogP contribution is 2.44. The molecule has 7 nitrogen and oxygen atoms in total. The van der Waals surface area contributed by atoms with Gasteiger partial charge in [-0.15, -0.1) is 0 Å². The van der Waals surface area contributed by atoms with Crippen LogP contribution >= 0.6 is 11.6 Å². The van der Waals surface area contributed by atoms with Crippen molar-refractivity contribution in [1.29, 1.82) is 0 Å². The van der Waals surface area contributed by atoms with Gasteiger partial charge in [-0.1, -0.05) is 23.7 Å². The number of halogens is 1. The van der Waals surface area contributed by atoms with Gasteiger partial charge in [-0.3, -0.25) is 4.79 Å². The molecule has 3 heterocycles. The molecular formula is C26H32ClN3O4S. The van der Waals surface area contributed by atoms with E-state index < -0.39 is 15.4 Å². The van der Waals surface area contributed by atoms with Crippen LogP contribution in [0.25, 0.3) is 0 Å². The number of aromatic nitrogens is 1. The number of hydrogen-bond donors (Lipinski definition) is 0. The van der Waals surface area contributed by atoms with Crippen LogP contribution < -0.4 is 4.74 Å². The lowest BCUT2D eigenvalue weighted by atomic mass is 9.79. The summed E-state index contributed by atoms with van der Waals surface area (Å²) in [6.45, 7) is 3.10. The van der Waals surface area contributed by atoms with Crippen molar-refractivity contribution in [3.05, 3.63) is 53.2 Å². The molecule has 1 atom stereocenters. The van der Waals surface area contributed by atoms with E-state index in [0.29, 0.717) is 42.4 Å². The molecule has 0 radical (unpaired) electrons. The largest absolute Gasteiger partial charge is 0.474 e. The lowest BCUT2D eigenvalue weighted by Gasteiger charge is -2.40. The fraction of sp³-hybridized carbons (Fsp3) is 0.538. The van der Waals surface area contributed by atoms with Crippen molar-refractivity contribution in [2.24, 2.45) is 5.41 Å². The van der Waals surface area contributed by atoms with E-state index in [1.807, 2.05) is 23.1 Å². The van der Waals surface area contributed by atoms with Gasteiger partial charge in [-0.05, 0) is 75.6 Å². The van der Waals surface area contributed by atoms with E-state index in [9.17, 15) is 13.2 Å². The van der Waals surface area contributed by atoms with Crippen LogP contribution in [0.5, 0.6) is 5.88 Å². The zero-order valence-electron chi connectivity index (χ0n) is 20.0. The molecule has 188 valence electrons. The van der Waals surface area contributed by atoms with E-state index in [1.54, 1.807) is 31.3 Å². The monoisotopic (exact) mass is 517 g/mol. The van der Waals surface area contributed by atoms with Crippen LogP contribution in [0.2, 0.25) is 5.02 Å². The van der Waals surface area contributed by atoms with Crippen molar-refractivity contribution in [2.45, 2.75) is 68.9 Å². The first kappa shape index (κ1) is 24.5. The Labute approximate surface area is 212 Å². The van der Waals surface area contributed by atoms with Crippen molar-refractivity contribution in [1.82, 2.24) is 14.2 Å². The number of amides is 1. The summed E-state index contributed by atoms with van der Waals surface area (Å²) in [6.07, 6.45) is 7.51. The fourth-order valence-corrected chi connectivity index (χ4v) is 7.98. The number of pyridine rings is 1. The average molecular weight is 518 g/mol. The SMILES string of the molecule is Cc1c(Cl)cccc1S(=O)(=O)N1CCCC2(CCN(C3CCC(Oc4ccccn4)CC3)C2=O)C1. The summed E-state index contributed by atoms with van der Waals surface area (Å²) in [5, 5.41) is 0.434. The second-order valence-electron chi connectivity index (χ2n) is 10.1. The van der Waals surface area contributed by atoms with Crippen LogP contribution in [0.4, 0.5) is 0 Å². The number of nitrogens with zero attached hydrogens (tertiary/aromatic N) is 3. The molecule has 2 aliphatic heterocycles. The standard InChI is InChI=1S/C26H32ClN3O4S/c1-19-22(27)6-4-7-23(19)35(32,33)29-16-5-13-26(18-29)14-17-30(25(26)31)20-9-11-21(12-10-20)34-24-8-2-3-15-28-24/h2-4,6-8,15,20-21H,5,9-14,16-18H2,1H3. The van der Waals surface area contributed by atoms with Crippen LogP contribution in [-0.2, 0) is 14.8 Å². The van der Waals surface area contributed by atoms with E-state index in [4.69, 9.17) is 16.3 Å². The second-order valence-corrected chi connectivity index (χ2v) is 12.4. The molecule has 0 N–H and O–H groups in total. The number of rotatable bonds is 5. The molecule has 5 rings (SSSR count). The average Bonchev–Trinajstić information content (AvgIpc) is 3.17. The van der Waals surface area contributed by atoms with Gasteiger partial charge in [-0.2, -0.15) is 4.31 Å². The number of hydrogen-bond acceptors (Lipinski definition) is 5. The zero-order valence-corrected chi connectivity index (χ0v) is 21.6. The molecule has 2 aromatic rings. The molecule has 3 aliphatic rings. The molecule has 1 spiro atoms. The third-order valence-corrected chi connectivity index (χ3v) is 10.3. The molecule has 1 saturated carbocycles. The molecule has 35 heavy (non-hydrogen) atoms. The number of benzene rings is 1. The van der Waals surface area contributed by atoms with Gasteiger partial charge in [0.1, 0.15) is 6.10 Å². The minimum absolute atomic E-state index is 0.115. The summed E-state index contributed by atoms with van der Waals surface area (Å²) in [5.74, 6) is 0.764. The highest BCUT2D eigenvalue weighted by atomic mass is 35.5. The highest BCUT2D eigenvalue weighted by Gasteiger charge is 2.52. The zero-order chi connectivity index (χ0) is 24.6. The molecule has 1 aromatic heterocycles. The maximum Gasteiger partial charge on any atom is 0.243 e. The van der Waals surface area contributed by atoms with E-state index >= 15 is 0 Å². The third-order valence-electron chi connectivity index (χ3n) is 7.93. The Hall–Kier alpha value is -2.16. The van der Waals surface area contributed by atoms with Crippen LogP contribution in [0.3, 0.4) is 0 Å². The number of ether oxygens (including phenoxy) is 1. The number of likely N-dealkylation sites (tertiary alicyclic amines) is 1. The molecule has 1 amide bonds. The Morgan fingerprint density at radius 3 is 2.60 bits per heavy atom. The lowest BCUT2D eigenvalue weighted by molar-refractivity contribution is -0.140. The van der Waals surface area contributed by atoms with Crippen molar-refractivity contribution in [2.75, 3.05) is 19.6 Å². The van der Waals surface area contributed by atoms with Gasteiger partial charge in [0.05, 0.1) is 10.3 Å². The molecule has 2 saturated heterocycles. The quantitative estimate of drug-likeness (QED) is 0.586. The summed E-state index contributed by atoms with van der Waals surface area (Å²) in [6, 6.07) is 10.8. The third kappa shape index (κ3) is 4.68. The Morgan fingerprint density at radius 2 is 1.86 bits per heavy atom.